The Labute approximate surface area is 177 Å². The Morgan fingerprint density at radius 1 is 1.10 bits per heavy atom. The van der Waals surface area contributed by atoms with Gasteiger partial charge in [-0.05, 0) is 42.2 Å². The number of hydrogen-bond acceptors (Lipinski definition) is 3. The maximum Gasteiger partial charge on any atom is 0.341 e. The van der Waals surface area contributed by atoms with Crippen LogP contribution in [0.4, 0.5) is 0 Å². The summed E-state index contributed by atoms with van der Waals surface area (Å²) in [5, 5.41) is 13.1. The topological polar surface area (TPSA) is 99.3 Å². The quantitative estimate of drug-likeness (QED) is 0.576. The molecule has 0 aliphatic heterocycles. The first-order valence-electron chi connectivity index (χ1n) is 9.83. The first-order chi connectivity index (χ1) is 14.4. The Morgan fingerprint density at radius 2 is 1.80 bits per heavy atom. The van der Waals surface area contributed by atoms with Crippen molar-refractivity contribution in [1.82, 2.24) is 10.3 Å². The molecule has 1 aromatic heterocycles. The van der Waals surface area contributed by atoms with Crippen LogP contribution in [0.25, 0.3) is 10.9 Å². The maximum absolute atomic E-state index is 13.3. The van der Waals surface area contributed by atoms with Gasteiger partial charge in [0.2, 0.25) is 5.91 Å². The van der Waals surface area contributed by atoms with E-state index in [0.29, 0.717) is 21.5 Å². The van der Waals surface area contributed by atoms with Crippen LogP contribution in [0.15, 0.2) is 53.3 Å². The molecule has 154 valence electrons. The van der Waals surface area contributed by atoms with E-state index in [-0.39, 0.29) is 18.0 Å². The van der Waals surface area contributed by atoms with Crippen molar-refractivity contribution in [3.05, 3.63) is 80.6 Å². The zero-order valence-corrected chi connectivity index (χ0v) is 17.0. The molecular weight excluding hydrogens is 404 g/mol. The number of rotatable bonds is 5. The van der Waals surface area contributed by atoms with Crippen LogP contribution in [0.3, 0.4) is 0 Å². The van der Waals surface area contributed by atoms with Crippen LogP contribution in [-0.2, 0) is 16.8 Å². The smallest absolute Gasteiger partial charge is 0.341 e. The molecule has 1 aliphatic rings. The van der Waals surface area contributed by atoms with E-state index in [1.165, 1.54) is 6.07 Å². The number of carboxylic acids is 1. The largest absolute Gasteiger partial charge is 0.477 e. The molecule has 0 atom stereocenters. The van der Waals surface area contributed by atoms with E-state index in [2.05, 4.69) is 10.3 Å². The van der Waals surface area contributed by atoms with E-state index in [0.717, 1.165) is 31.2 Å². The van der Waals surface area contributed by atoms with Gasteiger partial charge in [0.25, 0.3) is 5.56 Å². The molecule has 1 amide bonds. The predicted molar refractivity (Wildman–Crippen MR) is 115 cm³/mol. The number of pyridine rings is 1. The molecule has 3 aromatic rings. The number of aromatic carboxylic acids is 1. The van der Waals surface area contributed by atoms with Crippen molar-refractivity contribution in [3.8, 4) is 0 Å². The number of carbonyl (C=O) groups is 2. The van der Waals surface area contributed by atoms with Crippen molar-refractivity contribution in [2.45, 2.75) is 37.6 Å². The van der Waals surface area contributed by atoms with E-state index < -0.39 is 16.9 Å². The lowest BCUT2D eigenvalue weighted by Crippen LogP contribution is -2.42. The van der Waals surface area contributed by atoms with Crippen molar-refractivity contribution in [2.75, 3.05) is 0 Å². The van der Waals surface area contributed by atoms with Crippen LogP contribution >= 0.6 is 11.6 Å². The summed E-state index contributed by atoms with van der Waals surface area (Å²) in [6.45, 7) is 0.173. The van der Waals surface area contributed by atoms with Crippen LogP contribution in [0, 0.1) is 0 Å². The zero-order chi connectivity index (χ0) is 21.3. The first-order valence-corrected chi connectivity index (χ1v) is 10.2. The molecule has 4 rings (SSSR count). The van der Waals surface area contributed by atoms with Crippen LogP contribution in [0.2, 0.25) is 5.02 Å². The normalized spacial score (nSPS) is 15.2. The third-order valence-electron chi connectivity index (χ3n) is 5.89. The molecule has 1 aliphatic carbocycles. The van der Waals surface area contributed by atoms with Gasteiger partial charge in [0.1, 0.15) is 5.56 Å². The number of fused-ring (bicyclic) bond motifs is 1. The van der Waals surface area contributed by atoms with Crippen LogP contribution in [0.5, 0.6) is 0 Å². The number of hydrogen-bond donors (Lipinski definition) is 3. The second-order valence-electron chi connectivity index (χ2n) is 7.68. The van der Waals surface area contributed by atoms with Gasteiger partial charge in [-0.2, -0.15) is 0 Å². The fourth-order valence-electron chi connectivity index (χ4n) is 4.38. The highest BCUT2D eigenvalue weighted by atomic mass is 35.5. The van der Waals surface area contributed by atoms with Crippen molar-refractivity contribution >= 4 is 34.4 Å². The van der Waals surface area contributed by atoms with E-state index in [1.54, 1.807) is 12.1 Å². The second kappa shape index (κ2) is 7.95. The fourth-order valence-corrected chi connectivity index (χ4v) is 4.63. The molecule has 2 aromatic carbocycles. The van der Waals surface area contributed by atoms with Crippen molar-refractivity contribution in [3.63, 3.8) is 0 Å². The number of aromatic amines is 1. The van der Waals surface area contributed by atoms with E-state index in [1.807, 2.05) is 30.3 Å². The molecule has 0 radical (unpaired) electrons. The van der Waals surface area contributed by atoms with Gasteiger partial charge >= 0.3 is 5.97 Å². The zero-order valence-electron chi connectivity index (χ0n) is 16.2. The van der Waals surface area contributed by atoms with Gasteiger partial charge in [-0.15, -0.1) is 0 Å². The van der Waals surface area contributed by atoms with Gasteiger partial charge < -0.3 is 15.4 Å². The number of aromatic nitrogens is 1. The van der Waals surface area contributed by atoms with Crippen molar-refractivity contribution in [1.29, 1.82) is 0 Å². The molecule has 1 fully saturated rings. The van der Waals surface area contributed by atoms with Crippen molar-refractivity contribution in [2.24, 2.45) is 0 Å². The van der Waals surface area contributed by atoms with Crippen LogP contribution in [-0.4, -0.2) is 22.0 Å². The Hall–Kier alpha value is -3.12. The lowest BCUT2D eigenvalue weighted by molar-refractivity contribution is -0.126. The molecule has 1 heterocycles. The Morgan fingerprint density at radius 3 is 2.47 bits per heavy atom. The Balaban J connectivity index is 1.66. The highest BCUT2D eigenvalue weighted by Crippen LogP contribution is 2.41. The minimum atomic E-state index is -1.31. The molecule has 0 unspecified atom stereocenters. The second-order valence-corrected chi connectivity index (χ2v) is 8.12. The summed E-state index contributed by atoms with van der Waals surface area (Å²) in [5.41, 5.74) is 0.501. The highest BCUT2D eigenvalue weighted by molar-refractivity contribution is 6.31. The highest BCUT2D eigenvalue weighted by Gasteiger charge is 2.42. The summed E-state index contributed by atoms with van der Waals surface area (Å²) in [5.74, 6) is -1.36. The Bertz CT molecular complexity index is 1180. The molecule has 6 nitrogen and oxygen atoms in total. The van der Waals surface area contributed by atoms with Crippen LogP contribution in [0.1, 0.15) is 47.2 Å². The fraction of sp³-hybridized carbons (Fsp3) is 0.261. The third kappa shape index (κ3) is 3.59. The third-order valence-corrected chi connectivity index (χ3v) is 6.10. The number of benzene rings is 2. The summed E-state index contributed by atoms with van der Waals surface area (Å²) in [7, 11) is 0. The summed E-state index contributed by atoms with van der Waals surface area (Å²) < 4.78 is 0. The summed E-state index contributed by atoms with van der Waals surface area (Å²) >= 11 is 6.21. The van der Waals surface area contributed by atoms with E-state index >= 15 is 0 Å². The summed E-state index contributed by atoms with van der Waals surface area (Å²) in [6.07, 6.45) is 3.57. The van der Waals surface area contributed by atoms with Gasteiger partial charge in [0.15, 0.2) is 0 Å². The van der Waals surface area contributed by atoms with Gasteiger partial charge in [0, 0.05) is 17.0 Å². The Kier molecular flexibility index (Phi) is 5.35. The van der Waals surface area contributed by atoms with Gasteiger partial charge in [0.05, 0.1) is 10.9 Å². The number of amides is 1. The molecule has 30 heavy (non-hydrogen) atoms. The molecule has 0 saturated heterocycles. The molecule has 1 saturated carbocycles. The standard InChI is InChI=1S/C23H21ClN2O4/c24-17-10-14-12-18(21(28)29)20(27)26-19(14)15(11-17)13-25-22(30)23(8-4-5-9-23)16-6-2-1-3-7-16/h1-3,6-7,10-12H,4-5,8-9,13H2,(H,25,30)(H,26,27)(H,28,29). The van der Waals surface area contributed by atoms with Gasteiger partial charge in [-0.1, -0.05) is 54.8 Å². The first kappa shape index (κ1) is 20.2. The van der Waals surface area contributed by atoms with Gasteiger partial charge in [-0.3, -0.25) is 9.59 Å². The van der Waals surface area contributed by atoms with Gasteiger partial charge in [-0.25, -0.2) is 4.79 Å². The van der Waals surface area contributed by atoms with E-state index in [9.17, 15) is 19.5 Å². The maximum atomic E-state index is 13.3. The molecule has 3 N–H and O–H groups in total. The van der Waals surface area contributed by atoms with E-state index in [4.69, 9.17) is 11.6 Å². The predicted octanol–water partition coefficient (Wildman–Crippen LogP) is 4.01. The average Bonchev–Trinajstić information content (AvgIpc) is 3.23. The number of carbonyl (C=O) groups excluding carboxylic acids is 1. The molecule has 0 spiro atoms. The average molecular weight is 425 g/mol. The molecule has 7 heteroatoms. The minimum absolute atomic E-state index is 0.0520. The SMILES string of the molecule is O=C(O)c1cc2cc(Cl)cc(CNC(=O)C3(c4ccccc4)CCCC3)c2[nH]c1=O. The summed E-state index contributed by atoms with van der Waals surface area (Å²) in [4.78, 5) is 39.3. The number of halogens is 1. The lowest BCUT2D eigenvalue weighted by atomic mass is 9.78. The number of carboxylic acid groups (broad SMARTS) is 1. The monoisotopic (exact) mass is 424 g/mol. The lowest BCUT2D eigenvalue weighted by Gasteiger charge is -2.28. The summed E-state index contributed by atoms with van der Waals surface area (Å²) in [6, 6.07) is 14.4. The number of H-pyrrole nitrogens is 1. The minimum Gasteiger partial charge on any atom is -0.477 e. The van der Waals surface area contributed by atoms with Crippen LogP contribution < -0.4 is 10.9 Å². The van der Waals surface area contributed by atoms with Crippen molar-refractivity contribution < 1.29 is 14.7 Å². The number of nitrogens with one attached hydrogen (secondary N) is 2. The molecule has 0 bridgehead atoms. The molecular formula is C23H21ClN2O4.